The summed E-state index contributed by atoms with van der Waals surface area (Å²) in [6.07, 6.45) is 2.44. The first-order valence-electron chi connectivity index (χ1n) is 11.0. The van der Waals surface area contributed by atoms with Crippen molar-refractivity contribution in [3.8, 4) is 5.75 Å². The van der Waals surface area contributed by atoms with Gasteiger partial charge in [-0.05, 0) is 54.6 Å². The average molecular weight is 460 g/mol. The number of hydrogen-bond donors (Lipinski definition) is 1. The molecule has 0 radical (unpaired) electrons. The number of hydrogen-bond acceptors (Lipinski definition) is 6. The first kappa shape index (κ1) is 21.3. The molecule has 1 aromatic heterocycles. The van der Waals surface area contributed by atoms with Gasteiger partial charge in [-0.1, -0.05) is 24.3 Å². The SMILES string of the molecule is COc1ccccc1CN1C(=O)C(Nc2ccc(N3CCCC3)cc2)=C(c2cccs2)C1=O. The van der Waals surface area contributed by atoms with Gasteiger partial charge in [0.1, 0.15) is 11.4 Å². The maximum absolute atomic E-state index is 13.4. The second-order valence-electron chi connectivity index (χ2n) is 8.10. The van der Waals surface area contributed by atoms with Crippen LogP contribution in [0.15, 0.2) is 71.7 Å². The summed E-state index contributed by atoms with van der Waals surface area (Å²) < 4.78 is 5.42. The molecule has 6 nitrogen and oxygen atoms in total. The fourth-order valence-electron chi connectivity index (χ4n) is 4.36. The van der Waals surface area contributed by atoms with Crippen LogP contribution in [0.5, 0.6) is 5.75 Å². The van der Waals surface area contributed by atoms with E-state index in [1.165, 1.54) is 34.8 Å². The normalized spacial score (nSPS) is 16.2. The summed E-state index contributed by atoms with van der Waals surface area (Å²) >= 11 is 1.45. The van der Waals surface area contributed by atoms with Crippen molar-refractivity contribution in [1.82, 2.24) is 4.90 Å². The van der Waals surface area contributed by atoms with Crippen molar-refractivity contribution in [3.63, 3.8) is 0 Å². The first-order valence-corrected chi connectivity index (χ1v) is 11.9. The Morgan fingerprint density at radius 2 is 1.70 bits per heavy atom. The van der Waals surface area contributed by atoms with Crippen molar-refractivity contribution < 1.29 is 14.3 Å². The summed E-state index contributed by atoms with van der Waals surface area (Å²) in [4.78, 5) is 31.3. The predicted octanol–water partition coefficient (Wildman–Crippen LogP) is 4.75. The molecule has 2 aromatic carbocycles. The molecule has 5 rings (SSSR count). The van der Waals surface area contributed by atoms with Crippen LogP contribution in [-0.4, -0.2) is 36.9 Å². The maximum atomic E-state index is 13.4. The number of rotatable bonds is 7. The molecule has 0 unspecified atom stereocenters. The molecule has 33 heavy (non-hydrogen) atoms. The van der Waals surface area contributed by atoms with Crippen molar-refractivity contribution in [1.29, 1.82) is 0 Å². The lowest BCUT2D eigenvalue weighted by Crippen LogP contribution is -2.32. The Morgan fingerprint density at radius 1 is 0.939 bits per heavy atom. The molecule has 3 heterocycles. The van der Waals surface area contributed by atoms with Crippen LogP contribution in [0.3, 0.4) is 0 Å². The molecule has 0 bridgehead atoms. The summed E-state index contributed by atoms with van der Waals surface area (Å²) in [6.45, 7) is 2.30. The smallest absolute Gasteiger partial charge is 0.278 e. The molecule has 2 amide bonds. The van der Waals surface area contributed by atoms with E-state index in [0.717, 1.165) is 29.2 Å². The van der Waals surface area contributed by atoms with Crippen LogP contribution in [0.4, 0.5) is 11.4 Å². The Labute approximate surface area is 197 Å². The number of ether oxygens (including phenoxy) is 1. The third kappa shape index (κ3) is 4.12. The second-order valence-corrected chi connectivity index (χ2v) is 9.05. The summed E-state index contributed by atoms with van der Waals surface area (Å²) in [6, 6.07) is 19.2. The van der Waals surface area contributed by atoms with Gasteiger partial charge >= 0.3 is 0 Å². The van der Waals surface area contributed by atoms with Gasteiger partial charge < -0.3 is 15.0 Å². The highest BCUT2D eigenvalue weighted by Crippen LogP contribution is 2.35. The van der Waals surface area contributed by atoms with E-state index in [1.54, 1.807) is 7.11 Å². The Hall–Kier alpha value is -3.58. The summed E-state index contributed by atoms with van der Waals surface area (Å²) in [5.41, 5.74) is 3.46. The van der Waals surface area contributed by atoms with E-state index in [1.807, 2.05) is 53.9 Å². The number of nitrogens with zero attached hydrogens (tertiary/aromatic N) is 2. The van der Waals surface area contributed by atoms with Crippen LogP contribution in [0.25, 0.3) is 5.57 Å². The minimum atomic E-state index is -0.335. The Kier molecular flexibility index (Phi) is 5.88. The van der Waals surface area contributed by atoms with E-state index in [0.29, 0.717) is 17.0 Å². The molecular formula is C26H25N3O3S. The topological polar surface area (TPSA) is 61.9 Å². The van der Waals surface area contributed by atoms with E-state index >= 15 is 0 Å². The van der Waals surface area contributed by atoms with E-state index in [9.17, 15) is 9.59 Å². The van der Waals surface area contributed by atoms with Gasteiger partial charge in [-0.15, -0.1) is 11.3 Å². The third-order valence-electron chi connectivity index (χ3n) is 6.06. The highest BCUT2D eigenvalue weighted by atomic mass is 32.1. The quantitative estimate of drug-likeness (QED) is 0.517. The molecule has 168 valence electrons. The number of benzene rings is 2. The number of amides is 2. The summed E-state index contributed by atoms with van der Waals surface area (Å²) in [5, 5.41) is 5.15. The molecule has 0 spiro atoms. The molecule has 3 aromatic rings. The number of para-hydroxylation sites is 1. The van der Waals surface area contributed by atoms with E-state index in [4.69, 9.17) is 4.74 Å². The van der Waals surface area contributed by atoms with Crippen LogP contribution in [0.1, 0.15) is 23.3 Å². The Morgan fingerprint density at radius 3 is 2.39 bits per heavy atom. The largest absolute Gasteiger partial charge is 0.496 e. The number of thiophene rings is 1. The van der Waals surface area contributed by atoms with Gasteiger partial charge in [0, 0.05) is 34.9 Å². The zero-order valence-electron chi connectivity index (χ0n) is 18.4. The van der Waals surface area contributed by atoms with Crippen LogP contribution in [-0.2, 0) is 16.1 Å². The zero-order chi connectivity index (χ0) is 22.8. The second kappa shape index (κ2) is 9.11. The van der Waals surface area contributed by atoms with Gasteiger partial charge in [0.25, 0.3) is 11.8 Å². The van der Waals surface area contributed by atoms with Gasteiger partial charge in [-0.3, -0.25) is 14.5 Å². The molecule has 1 fully saturated rings. The molecule has 7 heteroatoms. The lowest BCUT2D eigenvalue weighted by Gasteiger charge is -2.18. The van der Waals surface area contributed by atoms with Crippen LogP contribution in [0.2, 0.25) is 0 Å². The van der Waals surface area contributed by atoms with E-state index in [2.05, 4.69) is 22.3 Å². The maximum Gasteiger partial charge on any atom is 0.278 e. The highest BCUT2D eigenvalue weighted by Gasteiger charge is 2.40. The lowest BCUT2D eigenvalue weighted by molar-refractivity contribution is -0.137. The van der Waals surface area contributed by atoms with E-state index < -0.39 is 0 Å². The minimum Gasteiger partial charge on any atom is -0.496 e. The molecule has 1 saturated heterocycles. The van der Waals surface area contributed by atoms with Crippen LogP contribution < -0.4 is 15.0 Å². The predicted molar refractivity (Wildman–Crippen MR) is 131 cm³/mol. The van der Waals surface area contributed by atoms with Crippen molar-refractivity contribution in [2.75, 3.05) is 30.4 Å². The Balaban J connectivity index is 1.44. The number of nitrogens with one attached hydrogen (secondary N) is 1. The van der Waals surface area contributed by atoms with Gasteiger partial charge in [0.15, 0.2) is 0 Å². The Bertz CT molecular complexity index is 1200. The summed E-state index contributed by atoms with van der Waals surface area (Å²) in [7, 11) is 1.58. The standard InChI is InChI=1S/C26H25N3O3S/c1-32-21-8-3-2-7-18(21)17-29-25(30)23(22-9-6-16-33-22)24(26(29)31)27-19-10-12-20(13-11-19)28-14-4-5-15-28/h2-3,6-13,16,27H,4-5,14-15,17H2,1H3. The van der Waals surface area contributed by atoms with Gasteiger partial charge in [-0.2, -0.15) is 0 Å². The average Bonchev–Trinajstić information content (AvgIpc) is 3.60. The molecule has 0 aliphatic carbocycles. The van der Waals surface area contributed by atoms with Gasteiger partial charge in [0.05, 0.1) is 19.2 Å². The van der Waals surface area contributed by atoms with Crippen molar-refractivity contribution in [3.05, 3.63) is 82.2 Å². The number of anilines is 2. The van der Waals surface area contributed by atoms with Crippen molar-refractivity contribution in [2.24, 2.45) is 0 Å². The fourth-order valence-corrected chi connectivity index (χ4v) is 5.13. The van der Waals surface area contributed by atoms with Crippen molar-refractivity contribution in [2.45, 2.75) is 19.4 Å². The molecule has 2 aliphatic rings. The fraction of sp³-hybridized carbons (Fsp3) is 0.231. The summed E-state index contributed by atoms with van der Waals surface area (Å²) in [5.74, 6) is 0.0113. The van der Waals surface area contributed by atoms with Gasteiger partial charge in [-0.25, -0.2) is 0 Å². The number of methoxy groups -OCH3 is 1. The third-order valence-corrected chi connectivity index (χ3v) is 6.95. The first-order chi connectivity index (χ1) is 16.2. The monoisotopic (exact) mass is 459 g/mol. The lowest BCUT2D eigenvalue weighted by atomic mass is 10.1. The molecule has 1 N–H and O–H groups in total. The molecular weight excluding hydrogens is 434 g/mol. The van der Waals surface area contributed by atoms with Crippen molar-refractivity contribution >= 4 is 40.1 Å². The van der Waals surface area contributed by atoms with Crippen LogP contribution >= 0.6 is 11.3 Å². The van der Waals surface area contributed by atoms with E-state index in [-0.39, 0.29) is 18.4 Å². The molecule has 0 saturated carbocycles. The minimum absolute atomic E-state index is 0.148. The number of carbonyl (C=O) groups is 2. The van der Waals surface area contributed by atoms with Gasteiger partial charge in [0.2, 0.25) is 0 Å². The van der Waals surface area contributed by atoms with Crippen LogP contribution in [0, 0.1) is 0 Å². The molecule has 0 atom stereocenters. The highest BCUT2D eigenvalue weighted by molar-refractivity contribution is 7.11. The molecule has 2 aliphatic heterocycles. The number of imide groups is 1. The number of carbonyl (C=O) groups excluding carboxylic acids is 2. The zero-order valence-corrected chi connectivity index (χ0v) is 19.2.